The molecule has 3 heteroatoms. The summed E-state index contributed by atoms with van der Waals surface area (Å²) in [6.07, 6.45) is 0. The first-order chi connectivity index (χ1) is 12.5. The van der Waals surface area contributed by atoms with E-state index >= 15 is 0 Å². The highest BCUT2D eigenvalue weighted by molar-refractivity contribution is 6.09. The van der Waals surface area contributed by atoms with Gasteiger partial charge in [-0.3, -0.25) is 9.59 Å². The van der Waals surface area contributed by atoms with E-state index in [4.69, 9.17) is 0 Å². The van der Waals surface area contributed by atoms with Crippen LogP contribution in [-0.4, -0.2) is 23.6 Å². The molecule has 0 aliphatic carbocycles. The number of aryl methyl sites for hydroxylation is 1. The molecule has 3 aromatic carbocycles. The summed E-state index contributed by atoms with van der Waals surface area (Å²) in [5.41, 5.74) is 4.07. The predicted molar refractivity (Wildman–Crippen MR) is 103 cm³/mol. The van der Waals surface area contributed by atoms with Crippen LogP contribution < -0.4 is 0 Å². The van der Waals surface area contributed by atoms with E-state index in [-0.39, 0.29) is 11.7 Å². The molecule has 0 aliphatic rings. The number of ketones is 1. The number of hydrogen-bond acceptors (Lipinski definition) is 2. The molecule has 0 unspecified atom stereocenters. The molecule has 26 heavy (non-hydrogen) atoms. The van der Waals surface area contributed by atoms with Crippen LogP contribution in [0.5, 0.6) is 0 Å². The first-order valence-corrected chi connectivity index (χ1v) is 8.55. The molecular formula is C23H21NO2. The van der Waals surface area contributed by atoms with Gasteiger partial charge in [-0.2, -0.15) is 0 Å². The SMILES string of the molecule is Cc1ccc(CN(C)C(=O)c2ccc(C(=O)c3ccccc3)cc2)cc1. The standard InChI is InChI=1S/C23H21NO2/c1-17-8-10-18(11-9-17)16-24(2)23(26)21-14-12-20(13-15-21)22(25)19-6-4-3-5-7-19/h3-15H,16H2,1-2H3. The zero-order valence-electron chi connectivity index (χ0n) is 15.0. The van der Waals surface area contributed by atoms with Crippen LogP contribution in [0.2, 0.25) is 0 Å². The molecule has 0 saturated heterocycles. The number of hydrogen-bond donors (Lipinski definition) is 0. The van der Waals surface area contributed by atoms with Crippen molar-refractivity contribution < 1.29 is 9.59 Å². The second-order valence-electron chi connectivity index (χ2n) is 6.42. The number of rotatable bonds is 5. The minimum absolute atomic E-state index is 0.0439. The minimum atomic E-state index is -0.0655. The Morgan fingerprint density at radius 2 is 1.27 bits per heavy atom. The fourth-order valence-electron chi connectivity index (χ4n) is 2.78. The number of nitrogens with zero attached hydrogens (tertiary/aromatic N) is 1. The second kappa shape index (κ2) is 7.79. The molecule has 0 bridgehead atoms. The van der Waals surface area contributed by atoms with Crippen LogP contribution in [0.4, 0.5) is 0 Å². The molecule has 0 spiro atoms. The van der Waals surface area contributed by atoms with Crippen molar-refractivity contribution in [2.75, 3.05) is 7.05 Å². The van der Waals surface area contributed by atoms with Gasteiger partial charge in [0.1, 0.15) is 0 Å². The van der Waals surface area contributed by atoms with E-state index in [1.807, 2.05) is 49.4 Å². The van der Waals surface area contributed by atoms with Gasteiger partial charge in [-0.05, 0) is 24.6 Å². The van der Waals surface area contributed by atoms with Crippen molar-refractivity contribution in [3.63, 3.8) is 0 Å². The van der Waals surface area contributed by atoms with Crippen molar-refractivity contribution in [1.29, 1.82) is 0 Å². The summed E-state index contributed by atoms with van der Waals surface area (Å²) in [7, 11) is 1.78. The molecule has 0 atom stereocenters. The highest BCUT2D eigenvalue weighted by atomic mass is 16.2. The zero-order chi connectivity index (χ0) is 18.5. The Labute approximate surface area is 153 Å². The molecule has 1 amide bonds. The van der Waals surface area contributed by atoms with E-state index in [1.165, 1.54) is 5.56 Å². The number of benzene rings is 3. The Morgan fingerprint density at radius 3 is 1.88 bits per heavy atom. The quantitative estimate of drug-likeness (QED) is 0.640. The van der Waals surface area contributed by atoms with Gasteiger partial charge in [0.2, 0.25) is 0 Å². The molecule has 0 radical (unpaired) electrons. The van der Waals surface area contributed by atoms with Gasteiger partial charge in [0.05, 0.1) is 0 Å². The van der Waals surface area contributed by atoms with Crippen LogP contribution in [-0.2, 0) is 6.54 Å². The lowest BCUT2D eigenvalue weighted by molar-refractivity contribution is 0.0784. The molecule has 0 heterocycles. The van der Waals surface area contributed by atoms with Gasteiger partial charge in [-0.1, -0.05) is 72.3 Å². The third-order valence-corrected chi connectivity index (χ3v) is 4.32. The first-order valence-electron chi connectivity index (χ1n) is 8.55. The number of amides is 1. The van der Waals surface area contributed by atoms with Crippen molar-refractivity contribution in [1.82, 2.24) is 4.90 Å². The lowest BCUT2D eigenvalue weighted by Crippen LogP contribution is -2.26. The Bertz CT molecular complexity index is 897. The van der Waals surface area contributed by atoms with Gasteiger partial charge in [0.25, 0.3) is 5.91 Å². The van der Waals surface area contributed by atoms with Gasteiger partial charge >= 0.3 is 0 Å². The summed E-state index contributed by atoms with van der Waals surface area (Å²) in [5.74, 6) is -0.109. The second-order valence-corrected chi connectivity index (χ2v) is 6.42. The zero-order valence-corrected chi connectivity index (χ0v) is 15.0. The van der Waals surface area contributed by atoms with E-state index in [1.54, 1.807) is 48.3 Å². The summed E-state index contributed by atoms with van der Waals surface area (Å²) in [4.78, 5) is 26.7. The van der Waals surface area contributed by atoms with Crippen LogP contribution in [0.25, 0.3) is 0 Å². The topological polar surface area (TPSA) is 37.4 Å². The van der Waals surface area contributed by atoms with Gasteiger partial charge in [-0.15, -0.1) is 0 Å². The van der Waals surface area contributed by atoms with Crippen LogP contribution in [0.15, 0.2) is 78.9 Å². The molecule has 3 aromatic rings. The average Bonchev–Trinajstić information content (AvgIpc) is 2.69. The lowest BCUT2D eigenvalue weighted by Gasteiger charge is -2.17. The highest BCUT2D eigenvalue weighted by Crippen LogP contribution is 2.14. The molecule has 3 nitrogen and oxygen atoms in total. The summed E-state index contributed by atoms with van der Waals surface area (Å²) in [6, 6.07) is 24.1. The van der Waals surface area contributed by atoms with Crippen molar-refractivity contribution in [2.24, 2.45) is 0 Å². The molecule has 130 valence electrons. The van der Waals surface area contributed by atoms with Crippen molar-refractivity contribution in [3.05, 3.63) is 107 Å². The number of carbonyl (C=O) groups is 2. The van der Waals surface area contributed by atoms with Gasteiger partial charge in [-0.25, -0.2) is 0 Å². The molecule has 3 rings (SSSR count). The lowest BCUT2D eigenvalue weighted by atomic mass is 10.0. The normalized spacial score (nSPS) is 10.4. The fraction of sp³-hybridized carbons (Fsp3) is 0.130. The van der Waals surface area contributed by atoms with E-state index in [2.05, 4.69) is 0 Å². The minimum Gasteiger partial charge on any atom is -0.337 e. The third kappa shape index (κ3) is 4.06. The van der Waals surface area contributed by atoms with Crippen LogP contribution >= 0.6 is 0 Å². The van der Waals surface area contributed by atoms with E-state index in [9.17, 15) is 9.59 Å². The Balaban J connectivity index is 1.70. The largest absolute Gasteiger partial charge is 0.337 e. The predicted octanol–water partition coefficient (Wildman–Crippen LogP) is 4.50. The molecule has 0 aliphatic heterocycles. The maximum absolute atomic E-state index is 12.6. The summed E-state index contributed by atoms with van der Waals surface area (Å²) in [5, 5.41) is 0. The molecular weight excluding hydrogens is 322 g/mol. The molecule has 0 aromatic heterocycles. The monoisotopic (exact) mass is 343 g/mol. The van der Waals surface area contributed by atoms with Crippen LogP contribution in [0.1, 0.15) is 37.4 Å². The Morgan fingerprint density at radius 1 is 0.731 bits per heavy atom. The first kappa shape index (κ1) is 17.6. The highest BCUT2D eigenvalue weighted by Gasteiger charge is 2.14. The average molecular weight is 343 g/mol. The fourth-order valence-corrected chi connectivity index (χ4v) is 2.78. The van der Waals surface area contributed by atoms with Crippen molar-refractivity contribution >= 4 is 11.7 Å². The Kier molecular flexibility index (Phi) is 5.28. The smallest absolute Gasteiger partial charge is 0.253 e. The molecule has 0 N–H and O–H groups in total. The van der Waals surface area contributed by atoms with E-state index in [0.29, 0.717) is 23.2 Å². The van der Waals surface area contributed by atoms with Crippen molar-refractivity contribution in [3.8, 4) is 0 Å². The van der Waals surface area contributed by atoms with Crippen molar-refractivity contribution in [2.45, 2.75) is 13.5 Å². The van der Waals surface area contributed by atoms with Gasteiger partial charge in [0.15, 0.2) is 5.78 Å². The van der Waals surface area contributed by atoms with Crippen LogP contribution in [0.3, 0.4) is 0 Å². The van der Waals surface area contributed by atoms with Gasteiger partial charge in [0, 0.05) is 30.3 Å². The summed E-state index contributed by atoms with van der Waals surface area (Å²) >= 11 is 0. The third-order valence-electron chi connectivity index (χ3n) is 4.32. The van der Waals surface area contributed by atoms with Gasteiger partial charge < -0.3 is 4.90 Å². The maximum atomic E-state index is 12.6. The molecule has 0 fully saturated rings. The Hall–Kier alpha value is -3.20. The van der Waals surface area contributed by atoms with E-state index in [0.717, 1.165) is 5.56 Å². The molecule has 0 saturated carbocycles. The maximum Gasteiger partial charge on any atom is 0.253 e. The van der Waals surface area contributed by atoms with Crippen LogP contribution in [0, 0.1) is 6.92 Å². The summed E-state index contributed by atoms with van der Waals surface area (Å²) < 4.78 is 0. The van der Waals surface area contributed by atoms with E-state index < -0.39 is 0 Å². The summed E-state index contributed by atoms with van der Waals surface area (Å²) in [6.45, 7) is 2.58. The number of carbonyl (C=O) groups excluding carboxylic acids is 2.